The zero-order valence-electron chi connectivity index (χ0n) is 60.2. The standard InChI is InChI=1S/C54H90N4O47S7/c1-22-24(18-85-110(69,70)71)88-49(31(32(22)78-2)57-29(60)16-10-9-13-17-55-28(59)15-12-11-14-27-30-23(21-106-27)56-54(65)58-30)93-38-36(80-4)43(82-6)52(95-41(38)47(61)62)92-34-26(20-87-112(75,76)77)90-53(46(99-109-105-102-68)40(34)97-107-103-100-66)94-39-37(81-5)44(83-7)51(96-42(39)48(63)64)91-33-25(19-86-111(72,73)74)89-50(84-8)45(35(33)79-3)98-108-104-101-67/h22-27,30-46,49-53,66-68H,9-21H2,1-8H3,(H,55,59)(H,57,60)(H,61,62)(H,63,64)(H2,56,58,65)(H,69,70,71)(H,72,73,74)(H,75,76,77)/t22-,23?,24?,25?,26?,27?,30?,31?,32+,33-,34-,35+,36+,37?,38+,39+,40?,41?,42-,43?,44?,45?,46?,49+,50+,51+,52-,53-/m1/s1. The topological polar surface area (TPSA) is 656 Å². The normalized spacial score (nSPS) is 35.9. The Hall–Kier alpha value is -2.96. The molecule has 0 bridgehead atoms. The number of carbonyl (C=O) groups is 5. The van der Waals surface area contributed by atoms with E-state index in [2.05, 4.69) is 57.7 Å². The number of urea groups is 1. The number of rotatable bonds is 50. The van der Waals surface area contributed by atoms with Crippen LogP contribution in [-0.2, 0) is 179 Å². The molecule has 0 aromatic rings. The number of carboxylic acid groups (broad SMARTS) is 2. The molecule has 51 nitrogen and oxygen atoms in total. The third-order valence-electron chi connectivity index (χ3n) is 18.3. The summed E-state index contributed by atoms with van der Waals surface area (Å²) in [7, 11) is -8.48. The van der Waals surface area contributed by atoms with Crippen molar-refractivity contribution in [2.75, 3.05) is 81.9 Å². The number of amides is 4. The first kappa shape index (κ1) is 96.2. The second-order valence-electron chi connectivity index (χ2n) is 24.9. The average molecular weight is 1770 g/mol. The fourth-order valence-electron chi connectivity index (χ4n) is 13.4. The molecule has 0 radical (unpaired) electrons. The number of methoxy groups -OCH3 is 7. The molecule has 7 aliphatic heterocycles. The molecule has 58 heteroatoms. The van der Waals surface area contributed by atoms with Crippen molar-refractivity contribution < 1.29 is 218 Å². The smallest absolute Gasteiger partial charge is 0.397 e. The molecule has 14 unspecified atom stereocenters. The highest BCUT2D eigenvalue weighted by Gasteiger charge is 2.62. The van der Waals surface area contributed by atoms with Gasteiger partial charge in [0.2, 0.25) is 11.8 Å². The van der Waals surface area contributed by atoms with Crippen LogP contribution in [0.5, 0.6) is 0 Å². The minimum atomic E-state index is -5.56. The molecule has 0 aliphatic carbocycles. The summed E-state index contributed by atoms with van der Waals surface area (Å²) in [5, 5.41) is 72.1. The first-order valence-corrected chi connectivity index (χ1v) is 40.5. The molecular formula is C54H90N4O47S7. The third kappa shape index (κ3) is 27.5. The summed E-state index contributed by atoms with van der Waals surface area (Å²) in [5.74, 6) is -4.68. The van der Waals surface area contributed by atoms with Crippen LogP contribution in [0.3, 0.4) is 0 Å². The molecule has 28 atom stereocenters. The van der Waals surface area contributed by atoms with E-state index in [0.29, 0.717) is 25.8 Å². The third-order valence-corrected chi connectivity index (χ3v) is 22.4. The Morgan fingerprint density at radius 3 is 1.38 bits per heavy atom. The lowest BCUT2D eigenvalue weighted by molar-refractivity contribution is -0.437. The molecule has 7 rings (SSSR count). The number of hydrogen-bond donors (Lipinski definition) is 12. The van der Waals surface area contributed by atoms with Gasteiger partial charge in [-0.15, -0.1) is 13.0 Å². The maximum atomic E-state index is 14.0. The van der Waals surface area contributed by atoms with Crippen LogP contribution in [0.4, 0.5) is 4.79 Å². The minimum Gasteiger partial charge on any atom is -0.479 e. The maximum absolute atomic E-state index is 14.0. The Morgan fingerprint density at radius 2 is 0.902 bits per heavy atom. The van der Waals surface area contributed by atoms with Crippen molar-refractivity contribution in [3.05, 3.63) is 0 Å². The van der Waals surface area contributed by atoms with Gasteiger partial charge >= 0.3 is 49.2 Å². The van der Waals surface area contributed by atoms with Crippen molar-refractivity contribution >= 4 is 110 Å². The number of nitrogens with one attached hydrogen (secondary N) is 4. The molecule has 0 saturated carbocycles. The summed E-state index contributed by atoms with van der Waals surface area (Å²) in [6.45, 7) is -1.61. The van der Waals surface area contributed by atoms with Crippen LogP contribution >= 0.6 is 48.7 Å². The van der Waals surface area contributed by atoms with E-state index in [0.717, 1.165) is 61.3 Å². The van der Waals surface area contributed by atoms with Gasteiger partial charge in [0.1, 0.15) is 79.3 Å². The summed E-state index contributed by atoms with van der Waals surface area (Å²) < 4.78 is 242. The van der Waals surface area contributed by atoms with E-state index in [1.807, 2.05) is 0 Å². The largest absolute Gasteiger partial charge is 0.479 e. The van der Waals surface area contributed by atoms with E-state index >= 15 is 0 Å². The van der Waals surface area contributed by atoms with E-state index in [1.165, 1.54) is 14.0 Å². The van der Waals surface area contributed by atoms with Crippen molar-refractivity contribution in [2.45, 2.75) is 223 Å². The molecule has 0 aromatic carbocycles. The molecular weight excluding hydrogens is 1680 g/mol. The Balaban J connectivity index is 1.14. The predicted octanol–water partition coefficient (Wildman–Crippen LogP) is -1.85. The van der Waals surface area contributed by atoms with Crippen molar-refractivity contribution in [1.29, 1.82) is 0 Å². The van der Waals surface area contributed by atoms with Gasteiger partial charge < -0.3 is 107 Å². The first-order chi connectivity index (χ1) is 53.3. The minimum absolute atomic E-state index is 0.00110. The lowest BCUT2D eigenvalue weighted by Gasteiger charge is -2.51. The van der Waals surface area contributed by atoms with Crippen LogP contribution in [0.1, 0.15) is 58.3 Å². The van der Waals surface area contributed by atoms with Crippen molar-refractivity contribution in [3.63, 3.8) is 0 Å². The van der Waals surface area contributed by atoms with Gasteiger partial charge in [-0.3, -0.25) is 35.8 Å². The van der Waals surface area contributed by atoms with Gasteiger partial charge in [-0.2, -0.15) is 37.0 Å². The molecule has 0 spiro atoms. The van der Waals surface area contributed by atoms with Crippen molar-refractivity contribution in [1.82, 2.24) is 21.3 Å². The highest BCUT2D eigenvalue weighted by molar-refractivity contribution is 8.00. The highest BCUT2D eigenvalue weighted by atomic mass is 32.3. The van der Waals surface area contributed by atoms with E-state index in [-0.39, 0.29) is 85.5 Å². The molecule has 7 heterocycles. The van der Waals surface area contributed by atoms with Gasteiger partial charge in [-0.25, -0.2) is 42.7 Å². The summed E-state index contributed by atoms with van der Waals surface area (Å²) in [6, 6.07) is -1.46. The number of unbranched alkanes of at least 4 members (excludes halogenated alkanes) is 3. The number of thioether (sulfide) groups is 1. The van der Waals surface area contributed by atoms with Gasteiger partial charge in [0.25, 0.3) is 0 Å². The number of carboxylic acids is 2. The SMILES string of the molecule is COC1C(OC)[C@H](O[C@H]2OC(COS(=O)(=O)O)[C@@H](O[C@@H]3OC(C(=O)O)[C@@H](O[C@@H]4OC(COS(=O)(=O)O)[C@@H](C)[C@H](OC)C4NC(=O)CCCCCNC(=O)CCCCC4SCC5NC(=O)NC54)[C@H](OC)C3OC)C(OSOOO)C2OSOOO)[C@H](C(=O)O)O[C@@H]1O[C@@H]1C(COS(=O)(=O)O)O[C@H](OC)C(OSOOO)[C@H]1OC. The van der Waals surface area contributed by atoms with E-state index in [9.17, 15) is 83.6 Å². The zero-order chi connectivity index (χ0) is 82.2. The molecule has 4 amide bonds. The molecule has 7 fully saturated rings. The fourth-order valence-corrected chi connectivity index (χ4v) is 17.0. The Kier molecular flexibility index (Phi) is 40.0. The van der Waals surface area contributed by atoms with Crippen molar-refractivity contribution in [3.8, 4) is 0 Å². The molecule has 0 aromatic heterocycles. The summed E-state index contributed by atoms with van der Waals surface area (Å²) >= 11 is 1.23. The molecule has 112 heavy (non-hydrogen) atoms. The van der Waals surface area contributed by atoms with Crippen molar-refractivity contribution in [2.24, 2.45) is 5.92 Å². The van der Waals surface area contributed by atoms with Gasteiger partial charge in [0.15, 0.2) is 92.8 Å². The molecule has 12 N–H and O–H groups in total. The van der Waals surface area contributed by atoms with Crippen LogP contribution in [0.25, 0.3) is 0 Å². The first-order valence-electron chi connectivity index (χ1n) is 33.4. The Labute approximate surface area is 656 Å². The van der Waals surface area contributed by atoms with E-state index < -0.39 is 222 Å². The number of ether oxygens (including phenoxy) is 16. The fraction of sp³-hybridized carbons (Fsp3) is 0.907. The summed E-state index contributed by atoms with van der Waals surface area (Å²) in [4.78, 5) is 65.7. The number of aliphatic carboxylic acids is 2. The number of carbonyl (C=O) groups excluding carboxylic acids is 3. The lowest BCUT2D eigenvalue weighted by Crippen LogP contribution is -2.69. The summed E-state index contributed by atoms with van der Waals surface area (Å²) in [6.07, 6.45) is -40.5. The predicted molar refractivity (Wildman–Crippen MR) is 361 cm³/mol. The van der Waals surface area contributed by atoms with Gasteiger partial charge in [0.05, 0.1) is 44.1 Å². The Bertz CT molecular complexity index is 3270. The van der Waals surface area contributed by atoms with Crippen LogP contribution in [0.2, 0.25) is 0 Å². The van der Waals surface area contributed by atoms with Crippen LogP contribution in [-0.4, -0.2) is 341 Å². The second-order valence-corrected chi connectivity index (χ2v) is 30.9. The molecule has 650 valence electrons. The number of fused-ring (bicyclic) bond motifs is 1. The van der Waals surface area contributed by atoms with Gasteiger partial charge in [0, 0.05) is 86.1 Å². The molecule has 7 aliphatic rings. The van der Waals surface area contributed by atoms with Gasteiger partial charge in [-0.05, 0) is 25.7 Å². The van der Waals surface area contributed by atoms with Crippen LogP contribution in [0.15, 0.2) is 0 Å². The second kappa shape index (κ2) is 46.6. The lowest BCUT2D eigenvalue weighted by atomic mass is 9.88. The molecule has 7 saturated heterocycles. The maximum Gasteiger partial charge on any atom is 0.397 e. The van der Waals surface area contributed by atoms with E-state index in [4.69, 9.17) is 97.8 Å². The number of hydrogen-bond acceptors (Lipinski definition) is 46. The zero-order valence-corrected chi connectivity index (χ0v) is 65.9. The van der Waals surface area contributed by atoms with Crippen LogP contribution in [0, 0.1) is 5.92 Å². The van der Waals surface area contributed by atoms with Gasteiger partial charge in [-0.1, -0.05) is 34.9 Å². The van der Waals surface area contributed by atoms with Crippen LogP contribution < -0.4 is 21.3 Å². The monoisotopic (exact) mass is 1770 g/mol. The van der Waals surface area contributed by atoms with E-state index in [1.54, 1.807) is 11.8 Å². The average Bonchev–Trinajstić information content (AvgIpc) is 0.887. The Morgan fingerprint density at radius 1 is 0.482 bits per heavy atom. The summed E-state index contributed by atoms with van der Waals surface area (Å²) in [5.41, 5.74) is 0. The highest BCUT2D eigenvalue weighted by Crippen LogP contribution is 2.43. The quantitative estimate of drug-likeness (QED) is 0.00794.